The van der Waals surface area contributed by atoms with E-state index in [1.54, 1.807) is 4.90 Å². The van der Waals surface area contributed by atoms with Gasteiger partial charge >= 0.3 is 0 Å². The summed E-state index contributed by atoms with van der Waals surface area (Å²) in [4.78, 5) is 13.6. The van der Waals surface area contributed by atoms with Gasteiger partial charge in [-0.2, -0.15) is 0 Å². The van der Waals surface area contributed by atoms with Gasteiger partial charge in [0, 0.05) is 26.2 Å². The van der Waals surface area contributed by atoms with Crippen molar-refractivity contribution in [2.45, 2.75) is 51.2 Å². The van der Waals surface area contributed by atoms with E-state index in [1.807, 2.05) is 14.0 Å². The van der Waals surface area contributed by atoms with Crippen molar-refractivity contribution in [2.75, 3.05) is 20.2 Å². The van der Waals surface area contributed by atoms with Gasteiger partial charge in [0.25, 0.3) is 0 Å². The maximum atomic E-state index is 11.8. The van der Waals surface area contributed by atoms with Crippen molar-refractivity contribution >= 4 is 5.91 Å². The van der Waals surface area contributed by atoms with Crippen molar-refractivity contribution in [1.29, 1.82) is 0 Å². The second kappa shape index (κ2) is 6.86. The van der Waals surface area contributed by atoms with Crippen LogP contribution in [-0.2, 0) is 9.53 Å². The molecule has 0 saturated carbocycles. The first-order valence-corrected chi connectivity index (χ1v) is 6.20. The summed E-state index contributed by atoms with van der Waals surface area (Å²) >= 11 is 0. The number of ether oxygens (including phenoxy) is 1. The zero-order valence-corrected chi connectivity index (χ0v) is 10.4. The molecule has 1 fully saturated rings. The molecule has 1 rings (SSSR count). The summed E-state index contributed by atoms with van der Waals surface area (Å²) in [5, 5.41) is 0. The summed E-state index contributed by atoms with van der Waals surface area (Å²) in [7, 11) is 1.84. The minimum atomic E-state index is 0.138. The third kappa shape index (κ3) is 4.94. The average molecular weight is 228 g/mol. The Kier molecular flexibility index (Phi) is 5.77. The molecule has 1 amide bonds. The Bertz CT molecular complexity index is 213. The van der Waals surface area contributed by atoms with Crippen molar-refractivity contribution in [1.82, 2.24) is 4.90 Å². The summed E-state index contributed by atoms with van der Waals surface area (Å²) in [5.74, 6) is 0.174. The third-order valence-corrected chi connectivity index (χ3v) is 3.02. The van der Waals surface area contributed by atoms with Gasteiger partial charge in [-0.05, 0) is 32.6 Å². The second-order valence-corrected chi connectivity index (χ2v) is 4.77. The zero-order chi connectivity index (χ0) is 12.0. The number of amides is 1. The lowest BCUT2D eigenvalue weighted by molar-refractivity contribution is -0.133. The molecule has 0 bridgehead atoms. The molecule has 1 saturated heterocycles. The molecular formula is C12H24N2O2. The first-order valence-electron chi connectivity index (χ1n) is 6.20. The van der Waals surface area contributed by atoms with Gasteiger partial charge in [-0.1, -0.05) is 0 Å². The molecule has 1 aliphatic heterocycles. The van der Waals surface area contributed by atoms with Crippen LogP contribution in [0, 0.1) is 0 Å². The van der Waals surface area contributed by atoms with Crippen LogP contribution in [0.15, 0.2) is 0 Å². The third-order valence-electron chi connectivity index (χ3n) is 3.02. The van der Waals surface area contributed by atoms with Gasteiger partial charge in [0.1, 0.15) is 0 Å². The van der Waals surface area contributed by atoms with Crippen LogP contribution in [0.1, 0.15) is 39.0 Å². The van der Waals surface area contributed by atoms with E-state index in [1.165, 1.54) is 6.42 Å². The highest BCUT2D eigenvalue weighted by atomic mass is 16.5. The number of nitrogens with zero attached hydrogens (tertiary/aromatic N) is 1. The molecule has 4 heteroatoms. The minimum Gasteiger partial charge on any atom is -0.378 e. The van der Waals surface area contributed by atoms with E-state index in [0.29, 0.717) is 6.42 Å². The Morgan fingerprint density at radius 2 is 2.31 bits per heavy atom. The van der Waals surface area contributed by atoms with Gasteiger partial charge in [-0.15, -0.1) is 0 Å². The Hall–Kier alpha value is -0.610. The molecule has 1 heterocycles. The first-order chi connectivity index (χ1) is 7.59. The Labute approximate surface area is 98.1 Å². The number of hydrogen-bond donors (Lipinski definition) is 1. The Morgan fingerprint density at radius 1 is 1.56 bits per heavy atom. The fraction of sp³-hybridized carbons (Fsp3) is 0.917. The van der Waals surface area contributed by atoms with Crippen LogP contribution in [-0.4, -0.2) is 43.2 Å². The molecule has 0 spiro atoms. The molecule has 2 N–H and O–H groups in total. The highest BCUT2D eigenvalue weighted by molar-refractivity contribution is 5.76. The lowest BCUT2D eigenvalue weighted by atomic mass is 10.1. The molecule has 0 aliphatic carbocycles. The van der Waals surface area contributed by atoms with E-state index >= 15 is 0 Å². The number of nitrogens with two attached hydrogens (primary N) is 1. The van der Waals surface area contributed by atoms with Crippen LogP contribution in [0.2, 0.25) is 0 Å². The topological polar surface area (TPSA) is 55.6 Å². The predicted octanol–water partition coefficient (Wildman–Crippen LogP) is 1.14. The fourth-order valence-electron chi connectivity index (χ4n) is 1.84. The molecule has 0 radical (unpaired) electrons. The van der Waals surface area contributed by atoms with Crippen LogP contribution in [0.3, 0.4) is 0 Å². The van der Waals surface area contributed by atoms with Crippen molar-refractivity contribution in [3.05, 3.63) is 0 Å². The number of hydrogen-bond acceptors (Lipinski definition) is 3. The first kappa shape index (κ1) is 13.5. The van der Waals surface area contributed by atoms with Crippen molar-refractivity contribution in [3.63, 3.8) is 0 Å². The molecule has 16 heavy (non-hydrogen) atoms. The van der Waals surface area contributed by atoms with Crippen molar-refractivity contribution in [2.24, 2.45) is 5.73 Å². The molecule has 1 aliphatic rings. The molecular weight excluding hydrogens is 204 g/mol. The largest absolute Gasteiger partial charge is 0.378 e. The summed E-state index contributed by atoms with van der Waals surface area (Å²) in [6, 6.07) is 0.154. The fourth-order valence-corrected chi connectivity index (χ4v) is 1.84. The Balaban J connectivity index is 2.22. The van der Waals surface area contributed by atoms with Gasteiger partial charge in [0.05, 0.1) is 12.5 Å². The molecule has 0 aromatic carbocycles. The highest BCUT2D eigenvalue weighted by Gasteiger charge is 2.19. The van der Waals surface area contributed by atoms with E-state index in [9.17, 15) is 4.79 Å². The molecule has 2 atom stereocenters. The predicted molar refractivity (Wildman–Crippen MR) is 64.1 cm³/mol. The van der Waals surface area contributed by atoms with Crippen LogP contribution in [0.4, 0.5) is 0 Å². The van der Waals surface area contributed by atoms with Crippen LogP contribution in [0.5, 0.6) is 0 Å². The maximum Gasteiger partial charge on any atom is 0.224 e. The summed E-state index contributed by atoms with van der Waals surface area (Å²) in [6.45, 7) is 3.51. The molecule has 4 nitrogen and oxygen atoms in total. The van der Waals surface area contributed by atoms with Crippen LogP contribution in [0.25, 0.3) is 0 Å². The van der Waals surface area contributed by atoms with Gasteiger partial charge in [-0.3, -0.25) is 4.79 Å². The lowest BCUT2D eigenvalue weighted by Gasteiger charge is -2.25. The standard InChI is InChI=1S/C12H24N2O2/c1-10(13)6-7-14(2)12(15)9-11-5-3-4-8-16-11/h10-11H,3-9,13H2,1-2H3. The van der Waals surface area contributed by atoms with Crippen LogP contribution >= 0.6 is 0 Å². The summed E-state index contributed by atoms with van der Waals surface area (Å²) in [6.07, 6.45) is 4.85. The second-order valence-electron chi connectivity index (χ2n) is 4.77. The van der Waals surface area contributed by atoms with Crippen LogP contribution < -0.4 is 5.73 Å². The molecule has 94 valence electrons. The van der Waals surface area contributed by atoms with Gasteiger partial charge in [0.15, 0.2) is 0 Å². The maximum absolute atomic E-state index is 11.8. The van der Waals surface area contributed by atoms with Crippen molar-refractivity contribution < 1.29 is 9.53 Å². The Morgan fingerprint density at radius 3 is 2.88 bits per heavy atom. The number of carbonyl (C=O) groups is 1. The summed E-state index contributed by atoms with van der Waals surface area (Å²) < 4.78 is 5.55. The van der Waals surface area contributed by atoms with E-state index < -0.39 is 0 Å². The van der Waals surface area contributed by atoms with Gasteiger partial charge < -0.3 is 15.4 Å². The number of rotatable bonds is 5. The van der Waals surface area contributed by atoms with E-state index in [0.717, 1.165) is 32.4 Å². The smallest absolute Gasteiger partial charge is 0.224 e. The minimum absolute atomic E-state index is 0.138. The summed E-state index contributed by atoms with van der Waals surface area (Å²) in [5.41, 5.74) is 5.66. The zero-order valence-electron chi connectivity index (χ0n) is 10.4. The number of carbonyl (C=O) groups excluding carboxylic acids is 1. The van der Waals surface area contributed by atoms with Gasteiger partial charge in [-0.25, -0.2) is 0 Å². The molecule has 0 aromatic rings. The highest BCUT2D eigenvalue weighted by Crippen LogP contribution is 2.16. The lowest BCUT2D eigenvalue weighted by Crippen LogP contribution is -2.34. The quantitative estimate of drug-likeness (QED) is 0.767. The monoisotopic (exact) mass is 228 g/mol. The molecule has 2 unspecified atom stereocenters. The SMILES string of the molecule is CC(N)CCN(C)C(=O)CC1CCCCO1. The molecule has 0 aromatic heterocycles. The van der Waals surface area contributed by atoms with E-state index in [2.05, 4.69) is 0 Å². The normalized spacial score (nSPS) is 22.8. The van der Waals surface area contributed by atoms with Crippen molar-refractivity contribution in [3.8, 4) is 0 Å². The van der Waals surface area contributed by atoms with Gasteiger partial charge in [0.2, 0.25) is 5.91 Å². The van der Waals surface area contributed by atoms with E-state index in [-0.39, 0.29) is 18.1 Å². The van der Waals surface area contributed by atoms with E-state index in [4.69, 9.17) is 10.5 Å². The average Bonchev–Trinajstić information content (AvgIpc) is 2.27.